The number of halogens is 1. The Morgan fingerprint density at radius 1 is 1.13 bits per heavy atom. The third kappa shape index (κ3) is 3.32. The van der Waals surface area contributed by atoms with E-state index in [2.05, 4.69) is 0 Å². The molecule has 0 fully saturated rings. The number of ether oxygens (including phenoxy) is 2. The Bertz CT molecular complexity index is 824. The molecular weight excluding hydrogens is 314 g/mol. The van der Waals surface area contributed by atoms with E-state index in [1.165, 1.54) is 7.11 Å². The van der Waals surface area contributed by atoms with Crippen LogP contribution in [0.25, 0.3) is 10.9 Å². The second-order valence-electron chi connectivity index (χ2n) is 5.05. The maximum Gasteiger partial charge on any atom is 0.340 e. The molecule has 0 saturated carbocycles. The zero-order valence-electron chi connectivity index (χ0n) is 12.7. The number of benzene rings is 2. The number of fused-ring (bicyclic) bond motifs is 1. The number of carbonyl (C=O) groups excluding carboxylic acids is 1. The molecule has 1 aromatic heterocycles. The van der Waals surface area contributed by atoms with Gasteiger partial charge in [0, 0.05) is 22.1 Å². The SMILES string of the molecule is COC(=O)c1cn(CCOc2ccc(Cl)cc2)c2ccccc12. The summed E-state index contributed by atoms with van der Waals surface area (Å²) in [7, 11) is 1.39. The molecule has 0 aliphatic heterocycles. The van der Waals surface area contributed by atoms with Crippen molar-refractivity contribution < 1.29 is 14.3 Å². The standard InChI is InChI=1S/C18H16ClNO3/c1-22-18(21)16-12-20(17-5-3-2-4-15(16)17)10-11-23-14-8-6-13(19)7-9-14/h2-9,12H,10-11H2,1H3. The fourth-order valence-electron chi connectivity index (χ4n) is 2.50. The Labute approximate surface area is 139 Å². The van der Waals surface area contributed by atoms with Crippen LogP contribution in [-0.2, 0) is 11.3 Å². The average molecular weight is 330 g/mol. The molecule has 5 heteroatoms. The van der Waals surface area contributed by atoms with E-state index in [1.807, 2.05) is 47.2 Å². The van der Waals surface area contributed by atoms with E-state index in [0.717, 1.165) is 16.7 Å². The third-order valence-corrected chi connectivity index (χ3v) is 3.86. The second kappa shape index (κ2) is 6.75. The molecule has 3 rings (SSSR count). The molecule has 0 aliphatic carbocycles. The highest BCUT2D eigenvalue weighted by atomic mass is 35.5. The lowest BCUT2D eigenvalue weighted by Gasteiger charge is -2.08. The number of methoxy groups -OCH3 is 1. The van der Waals surface area contributed by atoms with E-state index in [9.17, 15) is 4.79 Å². The molecule has 0 bridgehead atoms. The average Bonchev–Trinajstić information content (AvgIpc) is 2.95. The lowest BCUT2D eigenvalue weighted by atomic mass is 10.2. The normalized spacial score (nSPS) is 10.7. The van der Waals surface area contributed by atoms with E-state index in [1.54, 1.807) is 12.1 Å². The van der Waals surface area contributed by atoms with Gasteiger partial charge in [-0.15, -0.1) is 0 Å². The predicted molar refractivity (Wildman–Crippen MR) is 90.2 cm³/mol. The van der Waals surface area contributed by atoms with Crippen molar-refractivity contribution in [2.75, 3.05) is 13.7 Å². The Kier molecular flexibility index (Phi) is 4.53. The summed E-state index contributed by atoms with van der Waals surface area (Å²) >= 11 is 5.85. The van der Waals surface area contributed by atoms with Gasteiger partial charge >= 0.3 is 5.97 Å². The lowest BCUT2D eigenvalue weighted by Crippen LogP contribution is -2.07. The topological polar surface area (TPSA) is 40.5 Å². The largest absolute Gasteiger partial charge is 0.492 e. The summed E-state index contributed by atoms with van der Waals surface area (Å²) < 4.78 is 12.6. The second-order valence-corrected chi connectivity index (χ2v) is 5.48. The molecule has 1 heterocycles. The fraction of sp³-hybridized carbons (Fsp3) is 0.167. The van der Waals surface area contributed by atoms with Crippen molar-refractivity contribution in [2.24, 2.45) is 0 Å². The first-order valence-corrected chi connectivity index (χ1v) is 7.61. The summed E-state index contributed by atoms with van der Waals surface area (Å²) in [6.07, 6.45) is 1.81. The van der Waals surface area contributed by atoms with Crippen molar-refractivity contribution in [1.29, 1.82) is 0 Å². The first-order valence-electron chi connectivity index (χ1n) is 7.23. The molecule has 0 atom stereocenters. The quantitative estimate of drug-likeness (QED) is 0.660. The number of hydrogen-bond acceptors (Lipinski definition) is 3. The molecular formula is C18H16ClNO3. The number of carbonyl (C=O) groups is 1. The van der Waals surface area contributed by atoms with E-state index in [4.69, 9.17) is 21.1 Å². The highest BCUT2D eigenvalue weighted by molar-refractivity contribution is 6.30. The smallest absolute Gasteiger partial charge is 0.340 e. The number of nitrogens with zero attached hydrogens (tertiary/aromatic N) is 1. The molecule has 0 aliphatic rings. The molecule has 0 radical (unpaired) electrons. The van der Waals surface area contributed by atoms with Crippen molar-refractivity contribution in [3.63, 3.8) is 0 Å². The highest BCUT2D eigenvalue weighted by Crippen LogP contribution is 2.22. The van der Waals surface area contributed by atoms with Crippen molar-refractivity contribution in [1.82, 2.24) is 4.57 Å². The maximum atomic E-state index is 11.9. The van der Waals surface area contributed by atoms with Gasteiger partial charge in [0.25, 0.3) is 0 Å². The molecule has 0 spiro atoms. The van der Waals surface area contributed by atoms with E-state index in [-0.39, 0.29) is 5.97 Å². The minimum atomic E-state index is -0.335. The summed E-state index contributed by atoms with van der Waals surface area (Å²) in [6, 6.07) is 15.0. The molecule has 4 nitrogen and oxygen atoms in total. The molecule has 23 heavy (non-hydrogen) atoms. The van der Waals surface area contributed by atoms with Crippen LogP contribution in [0.3, 0.4) is 0 Å². The monoisotopic (exact) mass is 329 g/mol. The number of rotatable bonds is 5. The Morgan fingerprint density at radius 3 is 2.61 bits per heavy atom. The van der Waals surface area contributed by atoms with Gasteiger partial charge in [-0.05, 0) is 30.3 Å². The molecule has 3 aromatic rings. The van der Waals surface area contributed by atoms with Gasteiger partial charge in [0.2, 0.25) is 0 Å². The number of aromatic nitrogens is 1. The zero-order chi connectivity index (χ0) is 16.2. The highest BCUT2D eigenvalue weighted by Gasteiger charge is 2.14. The molecule has 0 amide bonds. The Morgan fingerprint density at radius 2 is 1.87 bits per heavy atom. The van der Waals surface area contributed by atoms with Crippen molar-refractivity contribution in [2.45, 2.75) is 6.54 Å². The van der Waals surface area contributed by atoms with Crippen LogP contribution in [0.5, 0.6) is 5.75 Å². The molecule has 2 aromatic carbocycles. The van der Waals surface area contributed by atoms with Gasteiger partial charge in [-0.1, -0.05) is 29.8 Å². The Balaban J connectivity index is 1.77. The van der Waals surface area contributed by atoms with Gasteiger partial charge in [0.05, 0.1) is 19.2 Å². The van der Waals surface area contributed by atoms with Crippen LogP contribution >= 0.6 is 11.6 Å². The minimum Gasteiger partial charge on any atom is -0.492 e. The van der Waals surface area contributed by atoms with Crippen LogP contribution in [0, 0.1) is 0 Å². The van der Waals surface area contributed by atoms with Crippen LogP contribution in [0.4, 0.5) is 0 Å². The van der Waals surface area contributed by atoms with Gasteiger partial charge in [0.15, 0.2) is 0 Å². The number of esters is 1. The van der Waals surface area contributed by atoms with Crippen LogP contribution < -0.4 is 4.74 Å². The van der Waals surface area contributed by atoms with Crippen molar-refractivity contribution in [3.8, 4) is 5.75 Å². The van der Waals surface area contributed by atoms with Crippen LogP contribution in [-0.4, -0.2) is 24.3 Å². The predicted octanol–water partition coefficient (Wildman–Crippen LogP) is 4.16. The fourth-order valence-corrected chi connectivity index (χ4v) is 2.62. The van der Waals surface area contributed by atoms with Gasteiger partial charge < -0.3 is 14.0 Å². The maximum absolute atomic E-state index is 11.9. The van der Waals surface area contributed by atoms with Crippen molar-refractivity contribution >= 4 is 28.5 Å². The molecule has 118 valence electrons. The summed E-state index contributed by atoms with van der Waals surface area (Å²) in [6.45, 7) is 1.11. The number of para-hydroxylation sites is 1. The van der Waals surface area contributed by atoms with Gasteiger partial charge in [0.1, 0.15) is 12.4 Å². The molecule has 0 N–H and O–H groups in total. The molecule has 0 saturated heterocycles. The third-order valence-electron chi connectivity index (χ3n) is 3.61. The van der Waals surface area contributed by atoms with Gasteiger partial charge in [-0.3, -0.25) is 0 Å². The van der Waals surface area contributed by atoms with Gasteiger partial charge in [-0.25, -0.2) is 4.79 Å². The van der Waals surface area contributed by atoms with E-state index >= 15 is 0 Å². The number of hydrogen-bond donors (Lipinski definition) is 0. The molecule has 0 unspecified atom stereocenters. The lowest BCUT2D eigenvalue weighted by molar-refractivity contribution is 0.0602. The Hall–Kier alpha value is -2.46. The van der Waals surface area contributed by atoms with E-state index < -0.39 is 0 Å². The van der Waals surface area contributed by atoms with E-state index in [0.29, 0.717) is 23.7 Å². The van der Waals surface area contributed by atoms with Crippen LogP contribution in [0.15, 0.2) is 54.7 Å². The summed E-state index contributed by atoms with van der Waals surface area (Å²) in [4.78, 5) is 11.9. The first kappa shape index (κ1) is 15.4. The first-order chi connectivity index (χ1) is 11.2. The van der Waals surface area contributed by atoms with Gasteiger partial charge in [-0.2, -0.15) is 0 Å². The summed E-state index contributed by atoms with van der Waals surface area (Å²) in [5.41, 5.74) is 1.54. The van der Waals surface area contributed by atoms with Crippen molar-refractivity contribution in [3.05, 3.63) is 65.3 Å². The summed E-state index contributed by atoms with van der Waals surface area (Å²) in [5, 5.41) is 1.56. The summed E-state index contributed by atoms with van der Waals surface area (Å²) in [5.74, 6) is 0.428. The zero-order valence-corrected chi connectivity index (χ0v) is 13.4. The van der Waals surface area contributed by atoms with Crippen LogP contribution in [0.2, 0.25) is 5.02 Å². The van der Waals surface area contributed by atoms with Crippen LogP contribution in [0.1, 0.15) is 10.4 Å². The minimum absolute atomic E-state index is 0.335.